The quantitative estimate of drug-likeness (QED) is 0.216. The molecule has 0 aliphatic heterocycles. The van der Waals surface area contributed by atoms with Crippen LogP contribution < -0.4 is 15.5 Å². The van der Waals surface area contributed by atoms with Crippen molar-refractivity contribution in [2.45, 2.75) is 39.3 Å². The van der Waals surface area contributed by atoms with Crippen LogP contribution in [0, 0.1) is 18.3 Å². The molecule has 7 nitrogen and oxygen atoms in total. The Bertz CT molecular complexity index is 1460. The third-order valence-electron chi connectivity index (χ3n) is 7.37. The molecule has 1 aliphatic rings. The van der Waals surface area contributed by atoms with Crippen LogP contribution in [-0.2, 0) is 22.6 Å². The van der Waals surface area contributed by atoms with Crippen molar-refractivity contribution >= 4 is 22.7 Å². The number of amides is 2. The highest BCUT2D eigenvalue weighted by molar-refractivity contribution is 5.96. The van der Waals surface area contributed by atoms with Crippen molar-refractivity contribution in [2.75, 3.05) is 0 Å². The van der Waals surface area contributed by atoms with Gasteiger partial charge in [0.05, 0.1) is 22.9 Å². The lowest BCUT2D eigenvalue weighted by Gasteiger charge is -2.21. The van der Waals surface area contributed by atoms with Crippen LogP contribution in [-0.4, -0.2) is 22.0 Å². The first kappa shape index (κ1) is 25.4. The Labute approximate surface area is 221 Å². The Morgan fingerprint density at radius 1 is 1.05 bits per heavy atom. The second-order valence-corrected chi connectivity index (χ2v) is 10.0. The number of aryl methyl sites for hydroxylation is 1. The van der Waals surface area contributed by atoms with E-state index < -0.39 is 17.2 Å². The molecule has 2 amide bonds. The molecule has 5 rings (SSSR count). The zero-order chi connectivity index (χ0) is 26.7. The summed E-state index contributed by atoms with van der Waals surface area (Å²) in [6, 6.07) is 27.1. The molecule has 0 saturated heterocycles. The number of rotatable bonds is 9. The van der Waals surface area contributed by atoms with Gasteiger partial charge in [-0.3, -0.25) is 19.8 Å². The molecule has 1 heterocycles. The molecule has 0 spiro atoms. The number of para-hydroxylation sites is 1. The number of carbonyl (C=O) groups is 2. The summed E-state index contributed by atoms with van der Waals surface area (Å²) in [7, 11) is 0. The van der Waals surface area contributed by atoms with Crippen LogP contribution in [0.4, 0.5) is 0 Å². The average molecular weight is 510 g/mol. The monoisotopic (exact) mass is 509 g/mol. The number of aromatic nitrogens is 1. The average Bonchev–Trinajstić information content (AvgIpc) is 3.67. The van der Waals surface area contributed by atoms with E-state index in [-0.39, 0.29) is 11.9 Å². The van der Waals surface area contributed by atoms with Crippen molar-refractivity contribution in [3.63, 3.8) is 0 Å². The summed E-state index contributed by atoms with van der Waals surface area (Å²) < 4.78 is 6.08. The first-order chi connectivity index (χ1) is 18.4. The number of benzene rings is 3. The van der Waals surface area contributed by atoms with E-state index in [4.69, 9.17) is 4.74 Å². The van der Waals surface area contributed by atoms with E-state index in [1.165, 1.54) is 0 Å². The lowest BCUT2D eigenvalue weighted by Crippen LogP contribution is -2.38. The van der Waals surface area contributed by atoms with Crippen molar-refractivity contribution in [3.05, 3.63) is 107 Å². The molecule has 1 aromatic heterocycles. The Morgan fingerprint density at radius 2 is 1.76 bits per heavy atom. The molecule has 38 heavy (non-hydrogen) atoms. The third kappa shape index (κ3) is 5.24. The second kappa shape index (κ2) is 10.6. The summed E-state index contributed by atoms with van der Waals surface area (Å²) >= 11 is 0. The van der Waals surface area contributed by atoms with Crippen molar-refractivity contribution < 1.29 is 19.5 Å². The zero-order valence-corrected chi connectivity index (χ0v) is 21.5. The molecule has 194 valence electrons. The number of carbonyl (C=O) groups excluding carboxylic acids is 2. The van der Waals surface area contributed by atoms with Crippen molar-refractivity contribution in [1.29, 1.82) is 0 Å². The van der Waals surface area contributed by atoms with Gasteiger partial charge in [0.15, 0.2) is 0 Å². The van der Waals surface area contributed by atoms with Crippen LogP contribution in [0.5, 0.6) is 5.75 Å². The smallest absolute Gasteiger partial charge is 0.247 e. The van der Waals surface area contributed by atoms with Gasteiger partial charge in [-0.25, -0.2) is 5.48 Å². The van der Waals surface area contributed by atoms with Crippen LogP contribution in [0.3, 0.4) is 0 Å². The highest BCUT2D eigenvalue weighted by Gasteiger charge is 2.63. The summed E-state index contributed by atoms with van der Waals surface area (Å²) in [5.41, 5.74) is 5.66. The van der Waals surface area contributed by atoms with Crippen molar-refractivity contribution in [1.82, 2.24) is 15.8 Å². The molecular weight excluding hydrogens is 478 g/mol. The van der Waals surface area contributed by atoms with Gasteiger partial charge in [-0.2, -0.15) is 0 Å². The van der Waals surface area contributed by atoms with Crippen LogP contribution in [0.2, 0.25) is 0 Å². The van der Waals surface area contributed by atoms with Gasteiger partial charge in [0.1, 0.15) is 12.4 Å². The third-order valence-corrected chi connectivity index (χ3v) is 7.37. The van der Waals surface area contributed by atoms with Gasteiger partial charge < -0.3 is 10.1 Å². The molecule has 0 radical (unpaired) electrons. The molecule has 1 aliphatic carbocycles. The van der Waals surface area contributed by atoms with E-state index >= 15 is 0 Å². The molecule has 1 saturated carbocycles. The minimum absolute atomic E-state index is 0.192. The van der Waals surface area contributed by atoms with Crippen molar-refractivity contribution in [3.8, 4) is 5.75 Å². The van der Waals surface area contributed by atoms with Crippen molar-refractivity contribution in [2.24, 2.45) is 11.3 Å². The zero-order valence-electron chi connectivity index (χ0n) is 21.5. The van der Waals surface area contributed by atoms with E-state index in [0.717, 1.165) is 33.3 Å². The second-order valence-electron chi connectivity index (χ2n) is 10.0. The Kier molecular flexibility index (Phi) is 7.11. The summed E-state index contributed by atoms with van der Waals surface area (Å²) in [5, 5.41) is 13.3. The number of fused-ring (bicyclic) bond motifs is 1. The predicted molar refractivity (Wildman–Crippen MR) is 144 cm³/mol. The Balaban J connectivity index is 1.28. The maximum absolute atomic E-state index is 13.4. The van der Waals surface area contributed by atoms with Gasteiger partial charge in [-0.15, -0.1) is 0 Å². The lowest BCUT2D eigenvalue weighted by atomic mass is 9.92. The Hall–Kier alpha value is -4.23. The standard InChI is InChI=1S/C31H31N3O4/c1-20-16-24(26-10-6-7-11-28(26)32-20)19-38-25-14-12-22(13-15-25)17-31(18-27(31)29(35)34-37)30(36)33-21(2)23-8-4-3-5-9-23/h3-16,21,27,37H,17-19H2,1-2H3,(H,33,36)(H,34,35). The molecule has 3 N–H and O–H groups in total. The van der Waals surface area contributed by atoms with E-state index in [9.17, 15) is 14.8 Å². The minimum Gasteiger partial charge on any atom is -0.489 e. The maximum atomic E-state index is 13.4. The molecular formula is C31H31N3O4. The largest absolute Gasteiger partial charge is 0.489 e. The van der Waals surface area contributed by atoms with Gasteiger partial charge in [0.2, 0.25) is 11.8 Å². The number of ether oxygens (including phenoxy) is 1. The highest BCUT2D eigenvalue weighted by atomic mass is 16.5. The summed E-state index contributed by atoms with van der Waals surface area (Å²) in [6.07, 6.45) is 0.756. The van der Waals surface area contributed by atoms with E-state index in [1.807, 2.05) is 98.8 Å². The maximum Gasteiger partial charge on any atom is 0.247 e. The van der Waals surface area contributed by atoms with Gasteiger partial charge in [0, 0.05) is 16.6 Å². The minimum atomic E-state index is -0.911. The fourth-order valence-corrected chi connectivity index (χ4v) is 5.16. The topological polar surface area (TPSA) is 101 Å². The van der Waals surface area contributed by atoms with E-state index in [1.54, 1.807) is 5.48 Å². The summed E-state index contributed by atoms with van der Waals surface area (Å²) in [6.45, 7) is 4.30. The molecule has 7 heteroatoms. The normalized spacial score (nSPS) is 19.0. The molecule has 4 aromatic rings. The highest BCUT2D eigenvalue weighted by Crippen LogP contribution is 2.55. The molecule has 1 fully saturated rings. The number of hydrogen-bond acceptors (Lipinski definition) is 5. The molecule has 3 atom stereocenters. The predicted octanol–water partition coefficient (Wildman–Crippen LogP) is 5.05. The number of hydroxylamine groups is 1. The van der Waals surface area contributed by atoms with Gasteiger partial charge >= 0.3 is 0 Å². The molecule has 0 bridgehead atoms. The van der Waals surface area contributed by atoms with Gasteiger partial charge in [0.25, 0.3) is 0 Å². The molecule has 3 aromatic carbocycles. The number of nitrogens with zero attached hydrogens (tertiary/aromatic N) is 1. The van der Waals surface area contributed by atoms with Crippen LogP contribution in [0.1, 0.15) is 41.8 Å². The summed E-state index contributed by atoms with van der Waals surface area (Å²) in [4.78, 5) is 30.3. The Morgan fingerprint density at radius 3 is 2.50 bits per heavy atom. The number of nitrogens with one attached hydrogen (secondary N) is 2. The number of pyridine rings is 1. The molecule has 3 unspecified atom stereocenters. The van der Waals surface area contributed by atoms with Crippen LogP contribution >= 0.6 is 0 Å². The lowest BCUT2D eigenvalue weighted by molar-refractivity contribution is -0.135. The SMILES string of the molecule is Cc1cc(COc2ccc(CC3(C(=O)NC(C)c4ccccc4)CC3C(=O)NO)cc2)c2ccccc2n1. The van der Waals surface area contributed by atoms with Gasteiger partial charge in [-0.05, 0) is 62.1 Å². The van der Waals surface area contributed by atoms with Crippen LogP contribution in [0.15, 0.2) is 84.9 Å². The van der Waals surface area contributed by atoms with Crippen LogP contribution in [0.25, 0.3) is 10.9 Å². The first-order valence-corrected chi connectivity index (χ1v) is 12.8. The fraction of sp³-hybridized carbons (Fsp3) is 0.258. The fourth-order valence-electron chi connectivity index (χ4n) is 5.16. The number of hydrogen-bond donors (Lipinski definition) is 3. The summed E-state index contributed by atoms with van der Waals surface area (Å²) in [5.74, 6) is -0.603. The van der Waals surface area contributed by atoms with E-state index in [0.29, 0.717) is 25.2 Å². The van der Waals surface area contributed by atoms with Gasteiger partial charge in [-0.1, -0.05) is 60.7 Å². The first-order valence-electron chi connectivity index (χ1n) is 12.8. The van der Waals surface area contributed by atoms with E-state index in [2.05, 4.69) is 10.3 Å².